The standard InChI is InChI=1S/C19H31N3O6S/c1-26-14-4-10-22(11-7-19(23)21-12-8-20-9-13-21)29(24,25)16-5-6-17(27-2)18(15-16)28-3/h5-6,15,20H,4,7-14H2,1-3H3. The fourth-order valence-electron chi connectivity index (χ4n) is 3.16. The second-order valence-electron chi connectivity index (χ2n) is 6.65. The second-order valence-corrected chi connectivity index (χ2v) is 8.59. The number of piperazine rings is 1. The minimum absolute atomic E-state index is 0.0363. The molecule has 1 heterocycles. The van der Waals surface area contributed by atoms with Gasteiger partial charge in [0.2, 0.25) is 15.9 Å². The maximum absolute atomic E-state index is 13.2. The molecule has 0 radical (unpaired) electrons. The number of sulfonamides is 1. The summed E-state index contributed by atoms with van der Waals surface area (Å²) in [5, 5.41) is 3.20. The summed E-state index contributed by atoms with van der Waals surface area (Å²) in [5.74, 6) is 0.749. The van der Waals surface area contributed by atoms with Crippen molar-refractivity contribution in [3.05, 3.63) is 18.2 Å². The van der Waals surface area contributed by atoms with Crippen LogP contribution in [0.3, 0.4) is 0 Å². The molecule has 0 spiro atoms. The first-order valence-corrected chi connectivity index (χ1v) is 11.1. The lowest BCUT2D eigenvalue weighted by atomic mass is 10.3. The topological polar surface area (TPSA) is 97.4 Å². The number of benzene rings is 1. The number of carbonyl (C=O) groups excluding carboxylic acids is 1. The van der Waals surface area contributed by atoms with Crippen molar-refractivity contribution in [2.75, 3.05) is 67.2 Å². The van der Waals surface area contributed by atoms with Gasteiger partial charge in [0.25, 0.3) is 0 Å². The van der Waals surface area contributed by atoms with Crippen molar-refractivity contribution in [2.24, 2.45) is 0 Å². The molecule has 0 unspecified atom stereocenters. The van der Waals surface area contributed by atoms with Crippen LogP contribution < -0.4 is 14.8 Å². The average molecular weight is 430 g/mol. The highest BCUT2D eigenvalue weighted by Gasteiger charge is 2.27. The monoisotopic (exact) mass is 429 g/mol. The van der Waals surface area contributed by atoms with Crippen molar-refractivity contribution in [3.8, 4) is 11.5 Å². The van der Waals surface area contributed by atoms with Crippen LogP contribution in [0.5, 0.6) is 11.5 Å². The summed E-state index contributed by atoms with van der Waals surface area (Å²) >= 11 is 0. The van der Waals surface area contributed by atoms with Gasteiger partial charge in [-0.05, 0) is 18.6 Å². The van der Waals surface area contributed by atoms with Gasteiger partial charge in [-0.25, -0.2) is 8.42 Å². The van der Waals surface area contributed by atoms with E-state index in [0.717, 1.165) is 13.1 Å². The van der Waals surface area contributed by atoms with Gasteiger partial charge < -0.3 is 24.4 Å². The fourth-order valence-corrected chi connectivity index (χ4v) is 4.65. The van der Waals surface area contributed by atoms with Gasteiger partial charge in [-0.3, -0.25) is 4.79 Å². The first-order chi connectivity index (χ1) is 13.9. The average Bonchev–Trinajstić information content (AvgIpc) is 2.75. The maximum Gasteiger partial charge on any atom is 0.243 e. The summed E-state index contributed by atoms with van der Waals surface area (Å²) < 4.78 is 43.3. The summed E-state index contributed by atoms with van der Waals surface area (Å²) in [4.78, 5) is 14.4. The van der Waals surface area contributed by atoms with Gasteiger partial charge in [-0.2, -0.15) is 4.31 Å². The van der Waals surface area contributed by atoms with Crippen molar-refractivity contribution < 1.29 is 27.4 Å². The number of methoxy groups -OCH3 is 3. The normalized spacial score (nSPS) is 14.8. The number of hydrogen-bond acceptors (Lipinski definition) is 7. The SMILES string of the molecule is COCCCN(CCC(=O)N1CCNCC1)S(=O)(=O)c1ccc(OC)c(OC)c1. The van der Waals surface area contributed by atoms with Crippen LogP contribution in [0.2, 0.25) is 0 Å². The van der Waals surface area contributed by atoms with E-state index in [1.54, 1.807) is 18.1 Å². The zero-order chi connectivity index (χ0) is 21.3. The highest BCUT2D eigenvalue weighted by molar-refractivity contribution is 7.89. The summed E-state index contributed by atoms with van der Waals surface area (Å²) in [6.45, 7) is 3.61. The van der Waals surface area contributed by atoms with Crippen LogP contribution in [-0.2, 0) is 19.6 Å². The van der Waals surface area contributed by atoms with Crippen molar-refractivity contribution in [1.29, 1.82) is 0 Å². The Morgan fingerprint density at radius 1 is 1.10 bits per heavy atom. The zero-order valence-electron chi connectivity index (χ0n) is 17.3. The van der Waals surface area contributed by atoms with Gasteiger partial charge >= 0.3 is 0 Å². The third kappa shape index (κ3) is 6.30. The Balaban J connectivity index is 2.16. The van der Waals surface area contributed by atoms with Gasteiger partial charge in [-0.1, -0.05) is 0 Å². The third-order valence-corrected chi connectivity index (χ3v) is 6.69. The minimum atomic E-state index is -3.81. The molecule has 0 aliphatic carbocycles. The van der Waals surface area contributed by atoms with E-state index in [1.807, 2.05) is 0 Å². The van der Waals surface area contributed by atoms with E-state index in [4.69, 9.17) is 14.2 Å². The molecule has 1 aliphatic heterocycles. The molecule has 1 aromatic carbocycles. The van der Waals surface area contributed by atoms with E-state index in [9.17, 15) is 13.2 Å². The Hall–Kier alpha value is -1.88. The minimum Gasteiger partial charge on any atom is -0.493 e. The van der Waals surface area contributed by atoms with Crippen LogP contribution in [0.25, 0.3) is 0 Å². The Bertz CT molecular complexity index is 765. The Morgan fingerprint density at radius 3 is 2.41 bits per heavy atom. The van der Waals surface area contributed by atoms with Crippen molar-refractivity contribution >= 4 is 15.9 Å². The van der Waals surface area contributed by atoms with Crippen molar-refractivity contribution in [2.45, 2.75) is 17.7 Å². The van der Waals surface area contributed by atoms with Crippen LogP contribution in [-0.4, -0.2) is 90.7 Å². The van der Waals surface area contributed by atoms with E-state index >= 15 is 0 Å². The third-order valence-electron chi connectivity index (χ3n) is 4.79. The van der Waals surface area contributed by atoms with Crippen molar-refractivity contribution in [3.63, 3.8) is 0 Å². The molecule has 0 bridgehead atoms. The smallest absolute Gasteiger partial charge is 0.243 e. The number of ether oxygens (including phenoxy) is 3. The summed E-state index contributed by atoms with van der Waals surface area (Å²) in [7, 11) is 0.710. The number of rotatable bonds is 11. The maximum atomic E-state index is 13.2. The van der Waals surface area contributed by atoms with Gasteiger partial charge in [0.1, 0.15) is 0 Å². The first kappa shape index (κ1) is 23.4. The number of amides is 1. The Labute approximate surface area is 173 Å². The molecule has 1 fully saturated rings. The van der Waals surface area contributed by atoms with Gasteiger partial charge in [-0.15, -0.1) is 0 Å². The van der Waals surface area contributed by atoms with E-state index < -0.39 is 10.0 Å². The molecule has 1 saturated heterocycles. The molecule has 1 aromatic rings. The largest absolute Gasteiger partial charge is 0.493 e. The molecule has 29 heavy (non-hydrogen) atoms. The van der Waals surface area contributed by atoms with Gasteiger partial charge in [0.05, 0.1) is 19.1 Å². The number of nitrogens with one attached hydrogen (secondary N) is 1. The molecule has 0 saturated carbocycles. The molecule has 1 aliphatic rings. The predicted molar refractivity (Wildman–Crippen MR) is 109 cm³/mol. The number of hydrogen-bond donors (Lipinski definition) is 1. The second kappa shape index (κ2) is 11.3. The van der Waals surface area contributed by atoms with Crippen molar-refractivity contribution in [1.82, 2.24) is 14.5 Å². The molecule has 1 N–H and O–H groups in total. The summed E-state index contributed by atoms with van der Waals surface area (Å²) in [6.07, 6.45) is 0.671. The molecular weight excluding hydrogens is 398 g/mol. The lowest BCUT2D eigenvalue weighted by Gasteiger charge is -2.29. The van der Waals surface area contributed by atoms with Crippen LogP contribution in [0, 0.1) is 0 Å². The van der Waals surface area contributed by atoms with Crippen LogP contribution in [0.4, 0.5) is 0 Å². The Kier molecular flexibility index (Phi) is 9.15. The molecule has 2 rings (SSSR count). The molecule has 164 valence electrons. The zero-order valence-corrected chi connectivity index (χ0v) is 18.2. The lowest BCUT2D eigenvalue weighted by molar-refractivity contribution is -0.131. The van der Waals surface area contributed by atoms with E-state index in [0.29, 0.717) is 37.6 Å². The Morgan fingerprint density at radius 2 is 1.79 bits per heavy atom. The van der Waals surface area contributed by atoms with E-state index in [2.05, 4.69) is 5.32 Å². The van der Waals surface area contributed by atoms with Crippen LogP contribution >= 0.6 is 0 Å². The molecule has 0 aromatic heterocycles. The number of nitrogens with zero attached hydrogens (tertiary/aromatic N) is 2. The highest BCUT2D eigenvalue weighted by atomic mass is 32.2. The fraction of sp³-hybridized carbons (Fsp3) is 0.632. The highest BCUT2D eigenvalue weighted by Crippen LogP contribution is 2.30. The lowest BCUT2D eigenvalue weighted by Crippen LogP contribution is -2.47. The van der Waals surface area contributed by atoms with E-state index in [-0.39, 0.29) is 30.3 Å². The van der Waals surface area contributed by atoms with Gasteiger partial charge in [0.15, 0.2) is 11.5 Å². The van der Waals surface area contributed by atoms with E-state index in [1.165, 1.54) is 30.7 Å². The first-order valence-electron chi connectivity index (χ1n) is 9.63. The summed E-state index contributed by atoms with van der Waals surface area (Å²) in [6, 6.07) is 4.48. The molecule has 10 heteroatoms. The molecule has 1 amide bonds. The van der Waals surface area contributed by atoms with Crippen LogP contribution in [0.1, 0.15) is 12.8 Å². The predicted octanol–water partition coefficient (Wildman–Crippen LogP) is 0.553. The van der Waals surface area contributed by atoms with Crippen LogP contribution in [0.15, 0.2) is 23.1 Å². The number of carbonyl (C=O) groups is 1. The van der Waals surface area contributed by atoms with Gasteiger partial charge in [0, 0.05) is 65.5 Å². The molecule has 9 nitrogen and oxygen atoms in total. The quantitative estimate of drug-likeness (QED) is 0.513. The molecular formula is C19H31N3O6S. The molecule has 0 atom stereocenters. The summed E-state index contributed by atoms with van der Waals surface area (Å²) in [5.41, 5.74) is 0.